The molecule has 30 heavy (non-hydrogen) atoms. The number of amides is 1. The average Bonchev–Trinajstić information content (AvgIpc) is 3.24. The van der Waals surface area contributed by atoms with Crippen LogP contribution in [0.2, 0.25) is 0 Å². The van der Waals surface area contributed by atoms with Gasteiger partial charge in [0.1, 0.15) is 11.5 Å². The fourth-order valence-electron chi connectivity index (χ4n) is 2.45. The predicted molar refractivity (Wildman–Crippen MR) is 108 cm³/mol. The molecule has 1 heterocycles. The number of nitrogens with zero attached hydrogens (tertiary/aromatic N) is 1. The van der Waals surface area contributed by atoms with Crippen LogP contribution in [0.3, 0.4) is 0 Å². The molecule has 0 aliphatic heterocycles. The third-order valence-electron chi connectivity index (χ3n) is 3.97. The van der Waals surface area contributed by atoms with E-state index in [2.05, 4.69) is 15.5 Å². The molecule has 1 aromatic heterocycles. The summed E-state index contributed by atoms with van der Waals surface area (Å²) in [5.74, 6) is -2.05. The van der Waals surface area contributed by atoms with Gasteiger partial charge in [-0.2, -0.15) is 0 Å². The number of carboxylic acids is 2. The van der Waals surface area contributed by atoms with Crippen molar-refractivity contribution >= 4 is 17.8 Å². The number of nitrogens with one attached hydrogen (secondary N) is 2. The van der Waals surface area contributed by atoms with Gasteiger partial charge in [-0.3, -0.25) is 9.69 Å². The van der Waals surface area contributed by atoms with E-state index >= 15 is 0 Å². The van der Waals surface area contributed by atoms with Crippen molar-refractivity contribution in [2.45, 2.75) is 12.6 Å². The van der Waals surface area contributed by atoms with E-state index in [9.17, 15) is 4.79 Å². The number of methoxy groups -OCH3 is 1. The van der Waals surface area contributed by atoms with E-state index in [0.717, 1.165) is 17.1 Å². The minimum Gasteiger partial charge on any atom is -0.496 e. The topological polar surface area (TPSA) is 141 Å². The Morgan fingerprint density at radius 1 is 1.10 bits per heavy atom. The Hall–Kier alpha value is -3.37. The molecule has 164 valence electrons. The van der Waals surface area contributed by atoms with Crippen LogP contribution in [0.15, 0.2) is 47.1 Å². The van der Waals surface area contributed by atoms with Crippen LogP contribution in [0, 0.1) is 0 Å². The number of aliphatic carboxylic acids is 2. The molecule has 1 aromatic carbocycles. The van der Waals surface area contributed by atoms with Crippen molar-refractivity contribution in [3.8, 4) is 5.75 Å². The van der Waals surface area contributed by atoms with E-state index in [1.165, 1.54) is 0 Å². The summed E-state index contributed by atoms with van der Waals surface area (Å²) in [5, 5.41) is 20.9. The molecule has 0 bridgehead atoms. The highest BCUT2D eigenvalue weighted by Gasteiger charge is 2.16. The maximum absolute atomic E-state index is 12.0. The first-order valence-corrected chi connectivity index (χ1v) is 9.01. The molecule has 10 nitrogen and oxygen atoms in total. The summed E-state index contributed by atoms with van der Waals surface area (Å²) in [5.41, 5.74) is 0.954. The van der Waals surface area contributed by atoms with Crippen LogP contribution in [0.5, 0.6) is 5.75 Å². The standard InChI is InChI=1S/C18H25N3O3.C2H2O4/c1-21(2)15(17-9-6-10-24-17)12-19-13-18(22)20-11-14-7-4-5-8-16(14)23-3;3-1(4)2(5)6/h4-10,15,19H,11-13H2,1-3H3,(H,20,22);(H,3,4)(H,5,6). The monoisotopic (exact) mass is 421 g/mol. The Labute approximate surface area is 174 Å². The average molecular weight is 421 g/mol. The zero-order chi connectivity index (χ0) is 22.5. The number of ether oxygens (including phenoxy) is 1. The first-order chi connectivity index (χ1) is 14.3. The van der Waals surface area contributed by atoms with Crippen molar-refractivity contribution in [3.05, 3.63) is 54.0 Å². The number of para-hydroxylation sites is 1. The Morgan fingerprint density at radius 3 is 2.30 bits per heavy atom. The lowest BCUT2D eigenvalue weighted by Gasteiger charge is -2.22. The van der Waals surface area contributed by atoms with E-state index < -0.39 is 11.9 Å². The highest BCUT2D eigenvalue weighted by molar-refractivity contribution is 6.27. The highest BCUT2D eigenvalue weighted by Crippen LogP contribution is 2.18. The van der Waals surface area contributed by atoms with Crippen molar-refractivity contribution in [2.75, 3.05) is 34.3 Å². The van der Waals surface area contributed by atoms with Gasteiger partial charge >= 0.3 is 11.9 Å². The van der Waals surface area contributed by atoms with E-state index in [1.54, 1.807) is 13.4 Å². The Balaban J connectivity index is 0.000000656. The molecule has 0 saturated carbocycles. The maximum Gasteiger partial charge on any atom is 0.414 e. The first kappa shape index (κ1) is 24.7. The van der Waals surface area contributed by atoms with Crippen LogP contribution >= 0.6 is 0 Å². The van der Waals surface area contributed by atoms with E-state index in [0.29, 0.717) is 13.1 Å². The lowest BCUT2D eigenvalue weighted by Crippen LogP contribution is -2.38. The number of carboxylic acid groups (broad SMARTS) is 2. The summed E-state index contributed by atoms with van der Waals surface area (Å²) < 4.78 is 10.7. The summed E-state index contributed by atoms with van der Waals surface area (Å²) in [6, 6.07) is 11.5. The lowest BCUT2D eigenvalue weighted by atomic mass is 10.2. The molecular formula is C20H27N3O7. The van der Waals surface area contributed by atoms with E-state index in [4.69, 9.17) is 29.0 Å². The van der Waals surface area contributed by atoms with E-state index in [1.807, 2.05) is 50.5 Å². The zero-order valence-electron chi connectivity index (χ0n) is 17.1. The molecule has 0 saturated heterocycles. The van der Waals surface area contributed by atoms with Gasteiger partial charge in [0.05, 0.1) is 26.0 Å². The Morgan fingerprint density at radius 2 is 1.77 bits per heavy atom. The van der Waals surface area contributed by atoms with Crippen molar-refractivity contribution in [2.24, 2.45) is 0 Å². The second-order valence-corrected chi connectivity index (χ2v) is 6.32. The third kappa shape index (κ3) is 8.76. The van der Waals surface area contributed by atoms with Crippen LogP contribution in [-0.4, -0.2) is 67.3 Å². The molecule has 2 rings (SSSR count). The Bertz CT molecular complexity index is 794. The van der Waals surface area contributed by atoms with Crippen LogP contribution in [0.1, 0.15) is 17.4 Å². The molecule has 10 heteroatoms. The van der Waals surface area contributed by atoms with Gasteiger partial charge in [0.2, 0.25) is 5.91 Å². The van der Waals surface area contributed by atoms with Gasteiger partial charge < -0.3 is 30.0 Å². The molecule has 1 atom stereocenters. The quantitative estimate of drug-likeness (QED) is 0.435. The van der Waals surface area contributed by atoms with Crippen molar-refractivity contribution in [1.82, 2.24) is 15.5 Å². The molecule has 0 spiro atoms. The van der Waals surface area contributed by atoms with Gasteiger partial charge in [-0.1, -0.05) is 18.2 Å². The summed E-state index contributed by atoms with van der Waals surface area (Å²) >= 11 is 0. The normalized spacial score (nSPS) is 11.2. The molecule has 0 fully saturated rings. The fraction of sp³-hybridized carbons (Fsp3) is 0.350. The second kappa shape index (κ2) is 13.0. The molecule has 0 aliphatic rings. The smallest absolute Gasteiger partial charge is 0.414 e. The van der Waals surface area contributed by atoms with Gasteiger partial charge in [0.25, 0.3) is 0 Å². The number of benzene rings is 1. The molecule has 0 aliphatic carbocycles. The number of hydrogen-bond acceptors (Lipinski definition) is 7. The van der Waals surface area contributed by atoms with Crippen LogP contribution in [0.4, 0.5) is 0 Å². The van der Waals surface area contributed by atoms with Crippen molar-refractivity contribution in [1.29, 1.82) is 0 Å². The molecule has 1 unspecified atom stereocenters. The number of furan rings is 1. The zero-order valence-corrected chi connectivity index (χ0v) is 17.1. The fourth-order valence-corrected chi connectivity index (χ4v) is 2.45. The first-order valence-electron chi connectivity index (χ1n) is 9.01. The van der Waals surface area contributed by atoms with Gasteiger partial charge in [-0.25, -0.2) is 9.59 Å². The number of hydrogen-bond donors (Lipinski definition) is 4. The van der Waals surface area contributed by atoms with Gasteiger partial charge in [-0.15, -0.1) is 0 Å². The highest BCUT2D eigenvalue weighted by atomic mass is 16.5. The number of carbonyl (C=O) groups excluding carboxylic acids is 1. The predicted octanol–water partition coefficient (Wildman–Crippen LogP) is 0.953. The third-order valence-corrected chi connectivity index (χ3v) is 3.97. The molecule has 4 N–H and O–H groups in total. The van der Waals surface area contributed by atoms with Gasteiger partial charge in [-0.05, 0) is 32.3 Å². The molecular weight excluding hydrogens is 394 g/mol. The number of rotatable bonds is 9. The van der Waals surface area contributed by atoms with E-state index in [-0.39, 0.29) is 18.5 Å². The molecule has 1 amide bonds. The maximum atomic E-state index is 12.0. The number of carbonyl (C=O) groups is 3. The van der Waals surface area contributed by atoms with Crippen LogP contribution < -0.4 is 15.4 Å². The van der Waals surface area contributed by atoms with Crippen molar-refractivity contribution in [3.63, 3.8) is 0 Å². The van der Waals surface area contributed by atoms with Crippen LogP contribution in [-0.2, 0) is 20.9 Å². The number of likely N-dealkylation sites (N-methyl/N-ethyl adjacent to an activating group) is 1. The Kier molecular flexibility index (Phi) is 10.7. The SMILES string of the molecule is COc1ccccc1CNC(=O)CNCC(c1ccco1)N(C)C.O=C(O)C(=O)O. The summed E-state index contributed by atoms with van der Waals surface area (Å²) in [7, 11) is 5.59. The van der Waals surface area contributed by atoms with Gasteiger partial charge in [0.15, 0.2) is 0 Å². The van der Waals surface area contributed by atoms with Gasteiger partial charge in [0, 0.05) is 18.7 Å². The molecule has 0 radical (unpaired) electrons. The largest absolute Gasteiger partial charge is 0.496 e. The second-order valence-electron chi connectivity index (χ2n) is 6.32. The summed E-state index contributed by atoms with van der Waals surface area (Å²) in [4.78, 5) is 32.3. The minimum absolute atomic E-state index is 0.0575. The summed E-state index contributed by atoms with van der Waals surface area (Å²) in [6.07, 6.45) is 1.66. The lowest BCUT2D eigenvalue weighted by molar-refractivity contribution is -0.159. The van der Waals surface area contributed by atoms with Crippen LogP contribution in [0.25, 0.3) is 0 Å². The summed E-state index contributed by atoms with van der Waals surface area (Å²) in [6.45, 7) is 1.32. The van der Waals surface area contributed by atoms with Crippen molar-refractivity contribution < 1.29 is 33.8 Å². The minimum atomic E-state index is -1.82. The molecule has 2 aromatic rings.